The van der Waals surface area contributed by atoms with Gasteiger partial charge in [-0.2, -0.15) is 4.57 Å². The van der Waals surface area contributed by atoms with Crippen molar-refractivity contribution < 1.29 is 8.98 Å². The zero-order valence-corrected chi connectivity index (χ0v) is 25.9. The average Bonchev–Trinajstić information content (AvgIpc) is 3.56. The number of rotatable bonds is 6. The predicted molar refractivity (Wildman–Crippen MR) is 178 cm³/mol. The number of pyridine rings is 1. The Morgan fingerprint density at radius 3 is 2.55 bits per heavy atom. The maximum atomic E-state index is 6.85. The summed E-state index contributed by atoms with van der Waals surface area (Å²) in [7, 11) is 4.25. The van der Waals surface area contributed by atoms with Gasteiger partial charge >= 0.3 is 0 Å². The minimum absolute atomic E-state index is 0.193. The van der Waals surface area contributed by atoms with Crippen molar-refractivity contribution in [3.05, 3.63) is 119 Å². The lowest BCUT2D eigenvalue weighted by molar-refractivity contribution is -0.707. The summed E-state index contributed by atoms with van der Waals surface area (Å²) in [5, 5.41) is 3.58. The van der Waals surface area contributed by atoms with Gasteiger partial charge in [-0.1, -0.05) is 43.0 Å². The van der Waals surface area contributed by atoms with E-state index in [9.17, 15) is 0 Å². The van der Waals surface area contributed by atoms with Crippen molar-refractivity contribution >= 4 is 49.1 Å². The van der Waals surface area contributed by atoms with E-state index in [1.54, 1.807) is 0 Å². The number of hydrogen-bond donors (Lipinski definition) is 0. The van der Waals surface area contributed by atoms with E-state index in [-0.39, 0.29) is 6.04 Å². The van der Waals surface area contributed by atoms with Gasteiger partial charge in [0, 0.05) is 68.3 Å². The van der Waals surface area contributed by atoms with Crippen LogP contribution < -0.4 is 4.57 Å². The summed E-state index contributed by atoms with van der Waals surface area (Å²) >= 11 is 1.83. The summed E-state index contributed by atoms with van der Waals surface area (Å²) in [5.41, 5.74) is 11.0. The first-order chi connectivity index (χ1) is 20.4. The molecular weight excluding hydrogens is 532 g/mol. The van der Waals surface area contributed by atoms with Crippen LogP contribution in [0.5, 0.6) is 0 Å². The lowest BCUT2D eigenvalue weighted by atomic mass is 9.79. The molecule has 6 aromatic rings. The van der Waals surface area contributed by atoms with E-state index in [0.29, 0.717) is 5.92 Å². The topological polar surface area (TPSA) is 20.3 Å². The highest BCUT2D eigenvalue weighted by atomic mass is 32.1. The van der Waals surface area contributed by atoms with Crippen LogP contribution in [-0.2, 0) is 6.42 Å². The van der Waals surface area contributed by atoms with E-state index < -0.39 is 0 Å². The van der Waals surface area contributed by atoms with Crippen LogP contribution in [0.4, 0.5) is 0 Å². The van der Waals surface area contributed by atoms with Gasteiger partial charge < -0.3 is 9.32 Å². The van der Waals surface area contributed by atoms with Crippen molar-refractivity contribution in [3.8, 4) is 11.3 Å². The monoisotopic (exact) mass is 569 g/mol. The lowest BCUT2D eigenvalue weighted by Crippen LogP contribution is -2.46. The molecule has 0 fully saturated rings. The number of aromatic nitrogens is 1. The van der Waals surface area contributed by atoms with Crippen LogP contribution in [0.25, 0.3) is 49.0 Å². The number of benzene rings is 3. The van der Waals surface area contributed by atoms with Gasteiger partial charge in [0.25, 0.3) is 0 Å². The van der Waals surface area contributed by atoms with E-state index in [4.69, 9.17) is 4.42 Å². The minimum Gasteiger partial charge on any atom is -0.455 e. The molecule has 0 radical (unpaired) electrons. The molecule has 0 N–H and O–H groups in total. The fraction of sp³-hybridized carbons (Fsp3) is 0.237. The molecule has 0 aliphatic carbocycles. The third-order valence-electron chi connectivity index (χ3n) is 8.99. The summed E-state index contributed by atoms with van der Waals surface area (Å²) in [4.78, 5) is 3.52. The molecule has 1 aliphatic rings. The van der Waals surface area contributed by atoms with Crippen molar-refractivity contribution in [1.29, 1.82) is 0 Å². The van der Waals surface area contributed by atoms with Crippen LogP contribution in [0, 0.1) is 13.8 Å². The molecule has 3 nitrogen and oxygen atoms in total. The molecule has 4 heteroatoms. The number of allylic oxidation sites excluding steroid dienone is 2. The van der Waals surface area contributed by atoms with Gasteiger partial charge in [-0.05, 0) is 81.1 Å². The van der Waals surface area contributed by atoms with E-state index in [1.807, 2.05) is 11.3 Å². The normalized spacial score (nSPS) is 16.6. The van der Waals surface area contributed by atoms with Crippen LogP contribution in [0.15, 0.2) is 96.1 Å². The van der Waals surface area contributed by atoms with E-state index in [0.717, 1.165) is 24.0 Å². The van der Waals surface area contributed by atoms with Gasteiger partial charge in [0.15, 0.2) is 12.2 Å². The molecule has 0 saturated carbocycles. The number of furan rings is 1. The smallest absolute Gasteiger partial charge is 0.213 e. The molecule has 7 rings (SSSR count). The molecule has 0 amide bonds. The van der Waals surface area contributed by atoms with E-state index in [2.05, 4.69) is 136 Å². The Hall–Kier alpha value is -4.15. The summed E-state index contributed by atoms with van der Waals surface area (Å²) < 4.78 is 10.6. The molecule has 0 saturated heterocycles. The van der Waals surface area contributed by atoms with Crippen molar-refractivity contribution in [2.45, 2.75) is 45.6 Å². The predicted octanol–water partition coefficient (Wildman–Crippen LogP) is 9.75. The molecule has 2 unspecified atom stereocenters. The average molecular weight is 570 g/mol. The molecule has 42 heavy (non-hydrogen) atoms. The SMILES string of the molecule is C=CC1C(CCc2ccc3c(oc4c5cc(C)sc5ccc34)c2/C(=C/C)N(C)C)c2ccccc2-c2ccc(C)c[n+]21. The molecule has 210 valence electrons. The van der Waals surface area contributed by atoms with Crippen LogP contribution >= 0.6 is 11.3 Å². The van der Waals surface area contributed by atoms with Crippen molar-refractivity contribution in [3.63, 3.8) is 0 Å². The molecule has 3 aromatic carbocycles. The van der Waals surface area contributed by atoms with Gasteiger partial charge in [0.2, 0.25) is 5.69 Å². The summed E-state index contributed by atoms with van der Waals surface area (Å²) in [6.45, 7) is 10.8. The number of hydrogen-bond acceptors (Lipinski definition) is 3. The number of nitrogens with zero attached hydrogens (tertiary/aromatic N) is 2. The number of fused-ring (bicyclic) bond motifs is 8. The Bertz CT molecular complexity index is 2040. The van der Waals surface area contributed by atoms with Crippen LogP contribution in [0.2, 0.25) is 0 Å². The maximum Gasteiger partial charge on any atom is 0.213 e. The minimum atomic E-state index is 0.193. The summed E-state index contributed by atoms with van der Waals surface area (Å²) in [6.07, 6.45) is 8.58. The fourth-order valence-electron chi connectivity index (χ4n) is 7.14. The summed E-state index contributed by atoms with van der Waals surface area (Å²) in [6, 6.07) is 24.9. The first kappa shape index (κ1) is 26.7. The van der Waals surface area contributed by atoms with Crippen LogP contribution in [0.3, 0.4) is 0 Å². The molecule has 0 bridgehead atoms. The molecule has 0 spiro atoms. The van der Waals surface area contributed by atoms with E-state index >= 15 is 0 Å². The number of thiophene rings is 1. The highest BCUT2D eigenvalue weighted by Crippen LogP contribution is 2.44. The first-order valence-corrected chi connectivity index (χ1v) is 15.7. The van der Waals surface area contributed by atoms with Gasteiger partial charge in [0.1, 0.15) is 11.2 Å². The van der Waals surface area contributed by atoms with Crippen LogP contribution in [-0.4, -0.2) is 19.0 Å². The second-order valence-corrected chi connectivity index (χ2v) is 13.1. The quantitative estimate of drug-likeness (QED) is 0.147. The molecular formula is C38H37N2OS+. The second kappa shape index (κ2) is 10.3. The maximum absolute atomic E-state index is 6.85. The Labute approximate surface area is 252 Å². The Morgan fingerprint density at radius 2 is 1.76 bits per heavy atom. The molecule has 2 atom stereocenters. The van der Waals surface area contributed by atoms with Crippen molar-refractivity contribution in [2.24, 2.45) is 0 Å². The number of aryl methyl sites for hydroxylation is 3. The fourth-order valence-corrected chi connectivity index (χ4v) is 8.07. The van der Waals surface area contributed by atoms with Crippen LogP contribution in [0.1, 0.15) is 52.4 Å². The molecule has 1 aliphatic heterocycles. The Morgan fingerprint density at radius 1 is 0.976 bits per heavy atom. The summed E-state index contributed by atoms with van der Waals surface area (Å²) in [5.74, 6) is 0.319. The highest BCUT2D eigenvalue weighted by Gasteiger charge is 2.38. The van der Waals surface area contributed by atoms with Gasteiger partial charge in [-0.3, -0.25) is 0 Å². The van der Waals surface area contributed by atoms with Gasteiger partial charge in [-0.15, -0.1) is 11.3 Å². The molecule has 4 heterocycles. The zero-order chi connectivity index (χ0) is 29.1. The van der Waals surface area contributed by atoms with Crippen molar-refractivity contribution in [2.75, 3.05) is 14.1 Å². The molecule has 3 aromatic heterocycles. The lowest BCUT2D eigenvalue weighted by Gasteiger charge is -2.29. The first-order valence-electron chi connectivity index (χ1n) is 14.8. The van der Waals surface area contributed by atoms with Gasteiger partial charge in [0.05, 0.1) is 5.92 Å². The standard InChI is InChI=1S/C38H37N2OS/c1-7-32-28(26-11-9-10-12-27(26)34-19-13-23(3)22-40(32)34)16-14-25-15-17-30-29-18-20-35-31(21-24(4)42-35)37(29)41-38(30)36(25)33(8-2)39(5)6/h7-13,15,17-22,28,32H,1,14,16H2,2-6H3/q+1/b33-8-. The van der Waals surface area contributed by atoms with Crippen molar-refractivity contribution in [1.82, 2.24) is 4.90 Å². The highest BCUT2D eigenvalue weighted by molar-refractivity contribution is 7.19. The Balaban J connectivity index is 1.37. The third-order valence-corrected chi connectivity index (χ3v) is 10.0. The largest absolute Gasteiger partial charge is 0.455 e. The zero-order valence-electron chi connectivity index (χ0n) is 25.1. The third kappa shape index (κ3) is 4.12. The second-order valence-electron chi connectivity index (χ2n) is 11.8. The van der Waals surface area contributed by atoms with E-state index in [1.165, 1.54) is 64.9 Å². The van der Waals surface area contributed by atoms with Gasteiger partial charge in [-0.25, -0.2) is 0 Å². The Kier molecular flexibility index (Phi) is 6.55.